The summed E-state index contributed by atoms with van der Waals surface area (Å²) in [6.45, 7) is 5.18. The van der Waals surface area contributed by atoms with Gasteiger partial charge in [-0.1, -0.05) is 30.3 Å². The van der Waals surface area contributed by atoms with Crippen LogP contribution in [0.3, 0.4) is 0 Å². The molecule has 208 valence electrons. The SMILES string of the molecule is C=C(c1ccc(Cl)cc1)N(C)Cc1cc(OC)c(OCCN2C(=O)CCC2=O)cc1C1CCC(CC(=O)O)C1. The lowest BCUT2D eigenvalue weighted by Crippen LogP contribution is -2.33. The standard InChI is InChI=1S/C30H35ClN2O6/c1-19(21-6-8-24(31)9-7-21)32(2)18-23-16-26(38-3)27(39-13-12-33-28(34)10-11-29(33)35)17-25(23)22-5-4-20(14-22)15-30(36)37/h6-9,16-17,20,22H,1,4-5,10-15,18H2,2-3H3,(H,36,37). The molecule has 2 unspecified atom stereocenters. The predicted octanol–water partition coefficient (Wildman–Crippen LogP) is 5.34. The van der Waals surface area contributed by atoms with Crippen LogP contribution in [0.15, 0.2) is 43.0 Å². The lowest BCUT2D eigenvalue weighted by molar-refractivity contribution is -0.139. The Morgan fingerprint density at radius 3 is 2.46 bits per heavy atom. The minimum Gasteiger partial charge on any atom is -0.493 e. The molecule has 1 N–H and O–H groups in total. The molecule has 39 heavy (non-hydrogen) atoms. The van der Waals surface area contributed by atoms with E-state index in [9.17, 15) is 19.5 Å². The van der Waals surface area contributed by atoms with Crippen LogP contribution >= 0.6 is 11.6 Å². The Bertz CT molecular complexity index is 1230. The number of carbonyl (C=O) groups excluding carboxylic acids is 2. The van der Waals surface area contributed by atoms with Crippen molar-refractivity contribution in [3.63, 3.8) is 0 Å². The van der Waals surface area contributed by atoms with Crippen molar-refractivity contribution in [2.75, 3.05) is 27.3 Å². The Labute approximate surface area is 234 Å². The van der Waals surface area contributed by atoms with Gasteiger partial charge >= 0.3 is 5.97 Å². The molecular formula is C30H35ClN2O6. The van der Waals surface area contributed by atoms with Crippen LogP contribution < -0.4 is 9.47 Å². The van der Waals surface area contributed by atoms with Crippen LogP contribution in [0.4, 0.5) is 0 Å². The molecule has 0 spiro atoms. The van der Waals surface area contributed by atoms with E-state index in [0.29, 0.717) is 23.1 Å². The third kappa shape index (κ3) is 6.92. The molecule has 2 fully saturated rings. The second-order valence-electron chi connectivity index (χ2n) is 10.3. The van der Waals surface area contributed by atoms with Gasteiger partial charge in [0, 0.05) is 43.6 Å². The van der Waals surface area contributed by atoms with E-state index in [4.69, 9.17) is 21.1 Å². The van der Waals surface area contributed by atoms with Crippen molar-refractivity contribution in [3.05, 3.63) is 64.7 Å². The number of halogens is 1. The maximum Gasteiger partial charge on any atom is 0.303 e. The molecule has 1 heterocycles. The Morgan fingerprint density at radius 2 is 1.82 bits per heavy atom. The number of imide groups is 1. The molecular weight excluding hydrogens is 520 g/mol. The third-order valence-corrected chi connectivity index (χ3v) is 7.89. The normalized spacial score (nSPS) is 18.9. The summed E-state index contributed by atoms with van der Waals surface area (Å²) in [6, 6.07) is 11.5. The van der Waals surface area contributed by atoms with Crippen molar-refractivity contribution in [1.82, 2.24) is 9.80 Å². The van der Waals surface area contributed by atoms with Gasteiger partial charge in [-0.25, -0.2) is 0 Å². The number of carbonyl (C=O) groups is 3. The number of carboxylic acids is 1. The predicted molar refractivity (Wildman–Crippen MR) is 149 cm³/mol. The number of amides is 2. The molecule has 0 bridgehead atoms. The lowest BCUT2D eigenvalue weighted by atomic mass is 9.90. The fraction of sp³-hybridized carbons (Fsp3) is 0.433. The lowest BCUT2D eigenvalue weighted by Gasteiger charge is -2.26. The fourth-order valence-corrected chi connectivity index (χ4v) is 5.66. The van der Waals surface area contributed by atoms with Gasteiger partial charge in [0.2, 0.25) is 11.8 Å². The van der Waals surface area contributed by atoms with Gasteiger partial charge in [0.25, 0.3) is 0 Å². The van der Waals surface area contributed by atoms with Crippen molar-refractivity contribution >= 4 is 35.1 Å². The highest BCUT2D eigenvalue weighted by Gasteiger charge is 2.31. The summed E-state index contributed by atoms with van der Waals surface area (Å²) in [5.74, 6) is 0.272. The molecule has 0 aromatic heterocycles. The van der Waals surface area contributed by atoms with Gasteiger partial charge in [-0.05, 0) is 72.1 Å². The van der Waals surface area contributed by atoms with Crippen LogP contribution in [0, 0.1) is 5.92 Å². The maximum atomic E-state index is 12.0. The molecule has 2 aliphatic rings. The minimum absolute atomic E-state index is 0.126. The van der Waals surface area contributed by atoms with E-state index in [1.807, 2.05) is 43.4 Å². The first kappa shape index (κ1) is 28.5. The molecule has 4 rings (SSSR count). The summed E-state index contributed by atoms with van der Waals surface area (Å²) in [6.07, 6.45) is 3.17. The Kier molecular flexibility index (Phi) is 9.17. The number of ether oxygens (including phenoxy) is 2. The summed E-state index contributed by atoms with van der Waals surface area (Å²) < 4.78 is 11.7. The summed E-state index contributed by atoms with van der Waals surface area (Å²) in [5, 5.41) is 9.97. The Balaban J connectivity index is 1.58. The number of nitrogens with zero attached hydrogens (tertiary/aromatic N) is 2. The minimum atomic E-state index is -0.773. The Hall–Kier alpha value is -3.52. The highest BCUT2D eigenvalue weighted by atomic mass is 35.5. The zero-order valence-electron chi connectivity index (χ0n) is 22.5. The van der Waals surface area contributed by atoms with Gasteiger partial charge in [0.15, 0.2) is 11.5 Å². The Morgan fingerprint density at radius 1 is 1.13 bits per heavy atom. The van der Waals surface area contributed by atoms with Gasteiger partial charge in [0.05, 0.1) is 13.7 Å². The van der Waals surface area contributed by atoms with Crippen LogP contribution in [0.1, 0.15) is 61.1 Å². The molecule has 2 aromatic carbocycles. The molecule has 0 radical (unpaired) electrons. The van der Waals surface area contributed by atoms with E-state index in [0.717, 1.165) is 41.6 Å². The fourth-order valence-electron chi connectivity index (χ4n) is 5.53. The highest BCUT2D eigenvalue weighted by Crippen LogP contribution is 2.44. The van der Waals surface area contributed by atoms with E-state index in [1.165, 1.54) is 4.90 Å². The first-order valence-electron chi connectivity index (χ1n) is 13.2. The first-order valence-corrected chi connectivity index (χ1v) is 13.6. The molecule has 9 heteroatoms. The van der Waals surface area contributed by atoms with Gasteiger partial charge in [-0.2, -0.15) is 0 Å². The van der Waals surface area contributed by atoms with Crippen molar-refractivity contribution in [2.45, 2.75) is 51.0 Å². The number of carboxylic acid groups (broad SMARTS) is 1. The van der Waals surface area contributed by atoms with Crippen molar-refractivity contribution in [1.29, 1.82) is 0 Å². The topological polar surface area (TPSA) is 96.4 Å². The average molecular weight is 555 g/mol. The monoisotopic (exact) mass is 554 g/mol. The smallest absolute Gasteiger partial charge is 0.303 e. The quantitative estimate of drug-likeness (QED) is 0.354. The number of aliphatic carboxylic acids is 1. The van der Waals surface area contributed by atoms with E-state index < -0.39 is 5.97 Å². The van der Waals surface area contributed by atoms with Gasteiger partial charge in [0.1, 0.15) is 6.61 Å². The number of rotatable bonds is 12. The summed E-state index contributed by atoms with van der Waals surface area (Å²) in [5.41, 5.74) is 3.93. The van der Waals surface area contributed by atoms with Crippen molar-refractivity contribution < 1.29 is 29.0 Å². The molecule has 1 saturated carbocycles. The number of benzene rings is 2. The molecule has 2 atom stereocenters. The average Bonchev–Trinajstić information content (AvgIpc) is 3.49. The number of hydrogen-bond acceptors (Lipinski definition) is 6. The van der Waals surface area contributed by atoms with Gasteiger partial charge in [-0.3, -0.25) is 19.3 Å². The van der Waals surface area contributed by atoms with Gasteiger partial charge in [-0.15, -0.1) is 0 Å². The van der Waals surface area contributed by atoms with E-state index >= 15 is 0 Å². The second-order valence-corrected chi connectivity index (χ2v) is 10.7. The van der Waals surface area contributed by atoms with E-state index in [-0.39, 0.29) is 56.1 Å². The third-order valence-electron chi connectivity index (χ3n) is 7.64. The molecule has 1 saturated heterocycles. The van der Waals surface area contributed by atoms with Crippen LogP contribution in [0.5, 0.6) is 11.5 Å². The van der Waals surface area contributed by atoms with Crippen LogP contribution in [-0.4, -0.2) is 60.0 Å². The first-order chi connectivity index (χ1) is 18.7. The molecule has 1 aliphatic carbocycles. The molecule has 2 aromatic rings. The summed E-state index contributed by atoms with van der Waals surface area (Å²) >= 11 is 6.06. The van der Waals surface area contributed by atoms with Gasteiger partial charge < -0.3 is 19.5 Å². The summed E-state index contributed by atoms with van der Waals surface area (Å²) in [4.78, 5) is 38.6. The molecule has 2 amide bonds. The zero-order chi connectivity index (χ0) is 28.1. The van der Waals surface area contributed by atoms with Crippen LogP contribution in [0.2, 0.25) is 5.02 Å². The van der Waals surface area contributed by atoms with E-state index in [1.54, 1.807) is 7.11 Å². The van der Waals surface area contributed by atoms with Crippen molar-refractivity contribution in [3.8, 4) is 11.5 Å². The van der Waals surface area contributed by atoms with E-state index in [2.05, 4.69) is 11.5 Å². The summed E-state index contributed by atoms with van der Waals surface area (Å²) in [7, 11) is 3.55. The zero-order valence-corrected chi connectivity index (χ0v) is 23.2. The maximum absolute atomic E-state index is 12.0. The number of hydrogen-bond donors (Lipinski definition) is 1. The molecule has 8 nitrogen and oxygen atoms in total. The second kappa shape index (κ2) is 12.6. The largest absolute Gasteiger partial charge is 0.493 e. The van der Waals surface area contributed by atoms with Crippen molar-refractivity contribution in [2.24, 2.45) is 5.92 Å². The van der Waals surface area contributed by atoms with Crippen LogP contribution in [0.25, 0.3) is 5.70 Å². The van der Waals surface area contributed by atoms with Crippen LogP contribution in [-0.2, 0) is 20.9 Å². The highest BCUT2D eigenvalue weighted by molar-refractivity contribution is 6.30. The number of methoxy groups -OCH3 is 1. The number of likely N-dealkylation sites (tertiary alicyclic amines) is 1. The molecule has 1 aliphatic heterocycles.